The van der Waals surface area contributed by atoms with Gasteiger partial charge >= 0.3 is 0 Å². The Morgan fingerprint density at radius 2 is 1.95 bits per heavy atom. The zero-order valence-electron chi connectivity index (χ0n) is 10.1. The summed E-state index contributed by atoms with van der Waals surface area (Å²) >= 11 is 4.90. The van der Waals surface area contributed by atoms with Gasteiger partial charge in [0.25, 0.3) is 0 Å². The van der Waals surface area contributed by atoms with Crippen molar-refractivity contribution < 1.29 is 4.79 Å². The zero-order chi connectivity index (χ0) is 13.7. The topological polar surface area (TPSA) is 55.1 Å². The fourth-order valence-electron chi connectivity index (χ4n) is 1.50. The fourth-order valence-corrected chi connectivity index (χ4v) is 2.96. The number of amides is 1. The van der Waals surface area contributed by atoms with Crippen LogP contribution in [0.1, 0.15) is 0 Å². The molecule has 0 atom stereocenters. The van der Waals surface area contributed by atoms with Gasteiger partial charge in [-0.1, -0.05) is 18.2 Å². The van der Waals surface area contributed by atoms with Crippen LogP contribution in [0.25, 0.3) is 0 Å². The Hall–Kier alpha value is -1.46. The van der Waals surface area contributed by atoms with Crippen LogP contribution in [0.5, 0.6) is 0 Å². The molecule has 98 valence electrons. The number of carbonyl (C=O) groups excluding carboxylic acids is 1. The normalized spacial score (nSPS) is 10.2. The van der Waals surface area contributed by atoms with Crippen LogP contribution in [0.4, 0.5) is 11.4 Å². The van der Waals surface area contributed by atoms with Crippen molar-refractivity contribution in [3.05, 3.63) is 53.0 Å². The van der Waals surface area contributed by atoms with Crippen molar-refractivity contribution in [3.8, 4) is 0 Å². The Bertz CT molecular complexity index is 575. The number of para-hydroxylation sites is 1. The predicted molar refractivity (Wildman–Crippen MR) is 84.4 cm³/mol. The number of anilines is 2. The maximum Gasteiger partial charge on any atom is 0.234 e. The van der Waals surface area contributed by atoms with Crippen LogP contribution in [0, 0.1) is 0 Å². The lowest BCUT2D eigenvalue weighted by molar-refractivity contribution is -0.113. The highest BCUT2D eigenvalue weighted by atomic mass is 79.9. The monoisotopic (exact) mass is 336 g/mol. The molecule has 3 nitrogen and oxygen atoms in total. The minimum absolute atomic E-state index is 0.0278. The number of thioether (sulfide) groups is 1. The van der Waals surface area contributed by atoms with Crippen molar-refractivity contribution >= 4 is 45.0 Å². The molecule has 0 radical (unpaired) electrons. The van der Waals surface area contributed by atoms with E-state index >= 15 is 0 Å². The van der Waals surface area contributed by atoms with Crippen molar-refractivity contribution in [1.82, 2.24) is 0 Å². The van der Waals surface area contributed by atoms with Gasteiger partial charge in [-0.15, -0.1) is 11.8 Å². The minimum atomic E-state index is -0.0278. The molecule has 0 bridgehead atoms. The molecule has 0 spiro atoms. The molecule has 2 aromatic rings. The fraction of sp³-hybridized carbons (Fsp3) is 0.0714. The van der Waals surface area contributed by atoms with Gasteiger partial charge < -0.3 is 11.1 Å². The molecule has 0 saturated carbocycles. The van der Waals surface area contributed by atoms with E-state index in [-0.39, 0.29) is 5.91 Å². The van der Waals surface area contributed by atoms with Crippen LogP contribution in [0.15, 0.2) is 57.9 Å². The van der Waals surface area contributed by atoms with Crippen molar-refractivity contribution in [2.24, 2.45) is 0 Å². The molecule has 0 fully saturated rings. The summed E-state index contributed by atoms with van der Waals surface area (Å²) < 4.78 is 0.907. The quantitative estimate of drug-likeness (QED) is 0.660. The number of benzene rings is 2. The van der Waals surface area contributed by atoms with E-state index in [9.17, 15) is 4.79 Å². The Kier molecular flexibility index (Phi) is 4.87. The predicted octanol–water partition coefficient (Wildman–Crippen LogP) is 3.76. The summed E-state index contributed by atoms with van der Waals surface area (Å²) in [6.07, 6.45) is 0. The van der Waals surface area contributed by atoms with Crippen LogP contribution < -0.4 is 11.1 Å². The Labute approximate surface area is 124 Å². The van der Waals surface area contributed by atoms with Crippen LogP contribution in [0.2, 0.25) is 0 Å². The molecule has 0 aliphatic rings. The van der Waals surface area contributed by atoms with E-state index in [2.05, 4.69) is 21.2 Å². The highest BCUT2D eigenvalue weighted by Crippen LogP contribution is 2.29. The molecule has 2 rings (SSSR count). The first-order valence-electron chi connectivity index (χ1n) is 5.68. The summed E-state index contributed by atoms with van der Waals surface area (Å²) in [5, 5.41) is 2.84. The van der Waals surface area contributed by atoms with E-state index in [1.807, 2.05) is 48.5 Å². The summed E-state index contributed by atoms with van der Waals surface area (Å²) in [7, 11) is 0. The van der Waals surface area contributed by atoms with Gasteiger partial charge in [-0.2, -0.15) is 0 Å². The van der Waals surface area contributed by atoms with Crippen molar-refractivity contribution in [2.45, 2.75) is 4.90 Å². The van der Waals surface area contributed by atoms with Gasteiger partial charge in [-0.3, -0.25) is 4.79 Å². The van der Waals surface area contributed by atoms with Gasteiger partial charge in [0.2, 0.25) is 5.91 Å². The van der Waals surface area contributed by atoms with Crippen molar-refractivity contribution in [2.75, 3.05) is 16.8 Å². The second-order valence-corrected chi connectivity index (χ2v) is 5.76. The first-order valence-corrected chi connectivity index (χ1v) is 7.46. The average Bonchev–Trinajstić information content (AvgIpc) is 2.39. The summed E-state index contributed by atoms with van der Waals surface area (Å²) in [5.74, 6) is 0.331. The van der Waals surface area contributed by atoms with Gasteiger partial charge in [0.1, 0.15) is 0 Å². The van der Waals surface area contributed by atoms with Crippen LogP contribution >= 0.6 is 27.7 Å². The lowest BCUT2D eigenvalue weighted by Gasteiger charge is -2.06. The van der Waals surface area contributed by atoms with Crippen LogP contribution in [-0.2, 0) is 4.79 Å². The number of halogens is 1. The van der Waals surface area contributed by atoms with Gasteiger partial charge in [0.05, 0.1) is 5.75 Å². The lowest BCUT2D eigenvalue weighted by Crippen LogP contribution is -2.13. The number of nitrogens with one attached hydrogen (secondary N) is 1. The van der Waals surface area contributed by atoms with Crippen molar-refractivity contribution in [3.63, 3.8) is 0 Å². The van der Waals surface area contributed by atoms with Gasteiger partial charge in [0.15, 0.2) is 0 Å². The largest absolute Gasteiger partial charge is 0.399 e. The molecule has 0 unspecified atom stereocenters. The summed E-state index contributed by atoms with van der Waals surface area (Å²) in [4.78, 5) is 12.8. The number of nitrogens with two attached hydrogens (primary N) is 1. The Morgan fingerprint density at radius 1 is 1.21 bits per heavy atom. The van der Waals surface area contributed by atoms with Crippen molar-refractivity contribution in [1.29, 1.82) is 0 Å². The number of carbonyl (C=O) groups is 1. The van der Waals surface area contributed by atoms with E-state index in [4.69, 9.17) is 5.73 Å². The van der Waals surface area contributed by atoms with E-state index in [0.29, 0.717) is 11.4 Å². The molecule has 0 aromatic heterocycles. The van der Waals surface area contributed by atoms with E-state index < -0.39 is 0 Å². The van der Waals surface area contributed by atoms with E-state index in [1.165, 1.54) is 11.8 Å². The smallest absolute Gasteiger partial charge is 0.234 e. The highest BCUT2D eigenvalue weighted by molar-refractivity contribution is 9.10. The van der Waals surface area contributed by atoms with E-state index in [1.54, 1.807) is 0 Å². The minimum Gasteiger partial charge on any atom is -0.399 e. The molecule has 0 heterocycles. The number of hydrogen-bond donors (Lipinski definition) is 2. The summed E-state index contributed by atoms with van der Waals surface area (Å²) in [6.45, 7) is 0. The number of nitrogen functional groups attached to an aromatic ring is 1. The van der Waals surface area contributed by atoms with Gasteiger partial charge in [-0.25, -0.2) is 0 Å². The second-order valence-electron chi connectivity index (χ2n) is 3.89. The number of rotatable bonds is 4. The molecular weight excluding hydrogens is 324 g/mol. The maximum absolute atomic E-state index is 11.8. The third kappa shape index (κ3) is 4.29. The molecule has 0 aliphatic carbocycles. The number of hydrogen-bond acceptors (Lipinski definition) is 3. The molecule has 2 aromatic carbocycles. The molecule has 0 saturated heterocycles. The molecule has 3 N–H and O–H groups in total. The Balaban J connectivity index is 1.90. The van der Waals surface area contributed by atoms with Gasteiger partial charge in [0, 0.05) is 20.7 Å². The third-order valence-corrected chi connectivity index (χ3v) is 4.36. The second kappa shape index (κ2) is 6.63. The standard InChI is InChI=1S/C14H13BrN2OS/c15-12-8-10(16)6-7-13(12)19-9-14(18)17-11-4-2-1-3-5-11/h1-8H,9,16H2,(H,17,18). The summed E-state index contributed by atoms with van der Waals surface area (Å²) in [5.41, 5.74) is 7.18. The first kappa shape index (κ1) is 14.0. The Morgan fingerprint density at radius 3 is 2.63 bits per heavy atom. The zero-order valence-corrected chi connectivity index (χ0v) is 12.5. The average molecular weight is 337 g/mol. The lowest BCUT2D eigenvalue weighted by atomic mass is 10.3. The molecule has 1 amide bonds. The molecule has 19 heavy (non-hydrogen) atoms. The van der Waals surface area contributed by atoms with Crippen LogP contribution in [-0.4, -0.2) is 11.7 Å². The SMILES string of the molecule is Nc1ccc(SCC(=O)Nc2ccccc2)c(Br)c1. The highest BCUT2D eigenvalue weighted by Gasteiger charge is 2.06. The molecular formula is C14H13BrN2OS. The van der Waals surface area contributed by atoms with E-state index in [0.717, 1.165) is 15.1 Å². The summed E-state index contributed by atoms with van der Waals surface area (Å²) in [6, 6.07) is 15.0. The molecule has 5 heteroatoms. The molecule has 0 aliphatic heterocycles. The maximum atomic E-state index is 11.8. The first-order chi connectivity index (χ1) is 9.15. The van der Waals surface area contributed by atoms with Crippen LogP contribution in [0.3, 0.4) is 0 Å². The third-order valence-electron chi connectivity index (χ3n) is 2.37. The van der Waals surface area contributed by atoms with Gasteiger partial charge in [-0.05, 0) is 46.3 Å².